The molecule has 142 valence electrons. The van der Waals surface area contributed by atoms with Crippen LogP contribution >= 0.6 is 11.6 Å². The molecular weight excluding hydrogens is 370 g/mol. The topological polar surface area (TPSA) is 96.5 Å². The zero-order chi connectivity index (χ0) is 19.8. The van der Waals surface area contributed by atoms with Crippen molar-refractivity contribution < 1.29 is 19.1 Å². The van der Waals surface area contributed by atoms with Crippen LogP contribution in [-0.4, -0.2) is 31.4 Å². The summed E-state index contributed by atoms with van der Waals surface area (Å²) in [7, 11) is 1.49. The fourth-order valence-corrected chi connectivity index (χ4v) is 2.42. The molecule has 0 aliphatic rings. The van der Waals surface area contributed by atoms with Crippen molar-refractivity contribution in [3.63, 3.8) is 0 Å². The molecule has 0 saturated heterocycles. The van der Waals surface area contributed by atoms with Crippen LogP contribution in [0.3, 0.4) is 0 Å². The minimum Gasteiger partial charge on any atom is -0.495 e. The Kier molecular flexibility index (Phi) is 7.19. The first-order chi connectivity index (χ1) is 12.9. The quantitative estimate of drug-likeness (QED) is 0.678. The lowest BCUT2D eigenvalue weighted by Crippen LogP contribution is -2.27. The van der Waals surface area contributed by atoms with Crippen molar-refractivity contribution in [1.82, 2.24) is 5.32 Å². The fraction of sp³-hybridized carbons (Fsp3) is 0.211. The molecular formula is C19H20ClN3O4. The summed E-state index contributed by atoms with van der Waals surface area (Å²) in [6.45, 7) is 1.57. The van der Waals surface area contributed by atoms with E-state index < -0.39 is 0 Å². The van der Waals surface area contributed by atoms with E-state index in [1.165, 1.54) is 14.0 Å². The molecule has 0 aliphatic heterocycles. The number of anilines is 2. The van der Waals surface area contributed by atoms with Crippen LogP contribution in [0.1, 0.15) is 23.7 Å². The van der Waals surface area contributed by atoms with Crippen molar-refractivity contribution >= 4 is 40.7 Å². The second kappa shape index (κ2) is 9.59. The van der Waals surface area contributed by atoms with E-state index in [2.05, 4.69) is 16.0 Å². The van der Waals surface area contributed by atoms with Gasteiger partial charge < -0.3 is 20.7 Å². The first-order valence-electron chi connectivity index (χ1n) is 8.18. The Bertz CT molecular complexity index is 837. The molecule has 2 rings (SSSR count). The molecule has 7 nitrogen and oxygen atoms in total. The summed E-state index contributed by atoms with van der Waals surface area (Å²) in [6.07, 6.45) is 0.0980. The predicted octanol–water partition coefficient (Wildman–Crippen LogP) is 3.07. The zero-order valence-electron chi connectivity index (χ0n) is 15.0. The molecule has 0 radical (unpaired) electrons. The highest BCUT2D eigenvalue weighted by molar-refractivity contribution is 6.30. The van der Waals surface area contributed by atoms with Crippen molar-refractivity contribution in [1.29, 1.82) is 0 Å². The van der Waals surface area contributed by atoms with E-state index in [0.29, 0.717) is 27.7 Å². The standard InChI is InChI=1S/C19H20ClN3O4/c1-12(24)22-16-11-15(7-8-17(16)27-2)23-18(25)9-10-21-19(26)13-3-5-14(20)6-4-13/h3-8,11H,9-10H2,1-2H3,(H,21,26)(H,22,24)(H,23,25). The number of carbonyl (C=O) groups excluding carboxylic acids is 3. The summed E-state index contributed by atoms with van der Waals surface area (Å²) in [5, 5.41) is 8.57. The van der Waals surface area contributed by atoms with Gasteiger partial charge in [-0.05, 0) is 42.5 Å². The van der Waals surface area contributed by atoms with E-state index >= 15 is 0 Å². The molecule has 0 atom stereocenters. The van der Waals surface area contributed by atoms with Gasteiger partial charge in [-0.1, -0.05) is 11.6 Å². The number of hydrogen-bond acceptors (Lipinski definition) is 4. The van der Waals surface area contributed by atoms with Gasteiger partial charge in [0, 0.05) is 36.2 Å². The Labute approximate surface area is 162 Å². The number of ether oxygens (including phenoxy) is 1. The zero-order valence-corrected chi connectivity index (χ0v) is 15.7. The average Bonchev–Trinajstić information content (AvgIpc) is 2.62. The fourth-order valence-electron chi connectivity index (χ4n) is 2.29. The van der Waals surface area contributed by atoms with Crippen LogP contribution in [0.5, 0.6) is 5.75 Å². The van der Waals surface area contributed by atoms with Crippen molar-refractivity contribution in [3.05, 3.63) is 53.1 Å². The summed E-state index contributed by atoms with van der Waals surface area (Å²) in [5.41, 5.74) is 1.43. The normalized spacial score (nSPS) is 10.0. The Morgan fingerprint density at radius 2 is 1.74 bits per heavy atom. The molecule has 0 saturated carbocycles. The van der Waals surface area contributed by atoms with Crippen LogP contribution in [-0.2, 0) is 9.59 Å². The molecule has 2 aromatic carbocycles. The van der Waals surface area contributed by atoms with Gasteiger partial charge in [-0.3, -0.25) is 14.4 Å². The number of carbonyl (C=O) groups is 3. The van der Waals surface area contributed by atoms with Crippen molar-refractivity contribution in [2.75, 3.05) is 24.3 Å². The molecule has 0 aromatic heterocycles. The summed E-state index contributed by atoms with van der Waals surface area (Å²) in [5.74, 6) is -0.317. The van der Waals surface area contributed by atoms with Gasteiger partial charge in [0.05, 0.1) is 12.8 Å². The average molecular weight is 390 g/mol. The van der Waals surface area contributed by atoms with E-state index in [4.69, 9.17) is 16.3 Å². The minimum atomic E-state index is -0.281. The monoisotopic (exact) mass is 389 g/mol. The molecule has 27 heavy (non-hydrogen) atoms. The maximum Gasteiger partial charge on any atom is 0.251 e. The molecule has 3 amide bonds. The molecule has 0 spiro atoms. The Hall–Kier alpha value is -3.06. The lowest BCUT2D eigenvalue weighted by molar-refractivity contribution is -0.116. The SMILES string of the molecule is COc1ccc(NC(=O)CCNC(=O)c2ccc(Cl)cc2)cc1NC(C)=O. The van der Waals surface area contributed by atoms with Crippen molar-refractivity contribution in [3.8, 4) is 5.75 Å². The summed E-state index contributed by atoms with van der Waals surface area (Å²) in [4.78, 5) is 35.3. The first kappa shape index (κ1) is 20.3. The Morgan fingerprint density at radius 1 is 1.04 bits per heavy atom. The molecule has 0 bridgehead atoms. The summed E-state index contributed by atoms with van der Waals surface area (Å²) < 4.78 is 5.16. The third kappa shape index (κ3) is 6.31. The minimum absolute atomic E-state index is 0.0980. The number of halogens is 1. The second-order valence-electron chi connectivity index (χ2n) is 5.66. The molecule has 2 aromatic rings. The predicted molar refractivity (Wildman–Crippen MR) is 104 cm³/mol. The second-order valence-corrected chi connectivity index (χ2v) is 6.09. The first-order valence-corrected chi connectivity index (χ1v) is 8.56. The maximum atomic E-state index is 12.1. The summed E-state index contributed by atoms with van der Waals surface area (Å²) >= 11 is 5.78. The number of methoxy groups -OCH3 is 1. The van der Waals surface area contributed by atoms with Crippen LogP contribution in [0.15, 0.2) is 42.5 Å². The molecule has 3 N–H and O–H groups in total. The van der Waals surface area contributed by atoms with Gasteiger partial charge in [0.25, 0.3) is 5.91 Å². The molecule has 0 aliphatic carbocycles. The number of hydrogen-bond donors (Lipinski definition) is 3. The van der Waals surface area contributed by atoms with Crippen molar-refractivity contribution in [2.24, 2.45) is 0 Å². The van der Waals surface area contributed by atoms with Crippen LogP contribution < -0.4 is 20.7 Å². The van der Waals surface area contributed by atoms with Crippen molar-refractivity contribution in [2.45, 2.75) is 13.3 Å². The summed E-state index contributed by atoms with van der Waals surface area (Å²) in [6, 6.07) is 11.4. The number of benzene rings is 2. The van der Waals surface area contributed by atoms with Crippen LogP contribution in [0, 0.1) is 0 Å². The molecule has 0 heterocycles. The highest BCUT2D eigenvalue weighted by atomic mass is 35.5. The Balaban J connectivity index is 1.87. The highest BCUT2D eigenvalue weighted by Crippen LogP contribution is 2.27. The molecule has 0 fully saturated rings. The van der Waals surface area contributed by atoms with Gasteiger partial charge >= 0.3 is 0 Å². The largest absolute Gasteiger partial charge is 0.495 e. The maximum absolute atomic E-state index is 12.1. The van der Waals surface area contributed by atoms with Gasteiger partial charge in [0.15, 0.2) is 0 Å². The molecule has 8 heteroatoms. The van der Waals surface area contributed by atoms with E-state index in [1.54, 1.807) is 42.5 Å². The van der Waals surface area contributed by atoms with Gasteiger partial charge in [0.1, 0.15) is 5.75 Å². The van der Waals surface area contributed by atoms with E-state index in [1.807, 2.05) is 0 Å². The van der Waals surface area contributed by atoms with E-state index in [0.717, 1.165) is 0 Å². The Morgan fingerprint density at radius 3 is 2.37 bits per heavy atom. The third-order valence-electron chi connectivity index (χ3n) is 3.54. The van der Waals surface area contributed by atoms with E-state index in [9.17, 15) is 14.4 Å². The van der Waals surface area contributed by atoms with Gasteiger partial charge in [-0.15, -0.1) is 0 Å². The van der Waals surface area contributed by atoms with Gasteiger partial charge in [0.2, 0.25) is 11.8 Å². The number of nitrogens with one attached hydrogen (secondary N) is 3. The third-order valence-corrected chi connectivity index (χ3v) is 3.79. The van der Waals surface area contributed by atoms with Crippen LogP contribution in [0.25, 0.3) is 0 Å². The van der Waals surface area contributed by atoms with Crippen LogP contribution in [0.4, 0.5) is 11.4 Å². The lowest BCUT2D eigenvalue weighted by atomic mass is 10.2. The lowest BCUT2D eigenvalue weighted by Gasteiger charge is -2.12. The smallest absolute Gasteiger partial charge is 0.251 e. The molecule has 0 unspecified atom stereocenters. The van der Waals surface area contributed by atoms with Gasteiger partial charge in [-0.2, -0.15) is 0 Å². The van der Waals surface area contributed by atoms with E-state index in [-0.39, 0.29) is 30.7 Å². The van der Waals surface area contributed by atoms with Gasteiger partial charge in [-0.25, -0.2) is 0 Å². The highest BCUT2D eigenvalue weighted by Gasteiger charge is 2.10. The number of rotatable bonds is 7. The number of amides is 3. The van der Waals surface area contributed by atoms with Crippen LogP contribution in [0.2, 0.25) is 5.02 Å².